The molecule has 6 rings (SSSR count). The summed E-state index contributed by atoms with van der Waals surface area (Å²) in [7, 11) is 3.93. The van der Waals surface area contributed by atoms with Crippen molar-refractivity contribution < 1.29 is 9.18 Å². The maximum atomic E-state index is 13.4. The minimum atomic E-state index is -0.985. The molecule has 5 heterocycles. The fraction of sp³-hybridized carbons (Fsp3) is 0.458. The van der Waals surface area contributed by atoms with Crippen molar-refractivity contribution in [2.45, 2.75) is 25.2 Å². The Bertz CT molecular complexity index is 1420. The predicted octanol–water partition coefficient (Wildman–Crippen LogP) is 1.27. The lowest BCUT2D eigenvalue weighted by Gasteiger charge is -2.32. The van der Waals surface area contributed by atoms with Gasteiger partial charge in [0.15, 0.2) is 11.3 Å². The second kappa shape index (κ2) is 9.10. The standard InChI is InChI=1S/C24H29FN10O/c1-26-20-13-19(29-23-16(14-28-35(20)23)24(36)30-18-12-17(18)25)21-15-4-3-5-27-22(15)34(31-21)11-10-33-8-6-32(2)7-9-33/h3-5,13-14,17-18,26H,6-12H2,1-2H3,(H,30,36)/t17-,18?/m1/s1. The highest BCUT2D eigenvalue weighted by Crippen LogP contribution is 2.29. The topological polar surface area (TPSA) is 109 Å². The van der Waals surface area contributed by atoms with Crippen LogP contribution in [-0.2, 0) is 6.54 Å². The molecule has 188 valence electrons. The number of aromatic nitrogens is 6. The molecule has 0 aromatic carbocycles. The minimum absolute atomic E-state index is 0.296. The van der Waals surface area contributed by atoms with Crippen molar-refractivity contribution in [1.29, 1.82) is 0 Å². The molecule has 1 unspecified atom stereocenters. The van der Waals surface area contributed by atoms with E-state index in [9.17, 15) is 9.18 Å². The Hall–Kier alpha value is -3.64. The van der Waals surface area contributed by atoms with E-state index in [2.05, 4.69) is 37.6 Å². The second-order valence-electron chi connectivity index (χ2n) is 9.49. The highest BCUT2D eigenvalue weighted by Gasteiger charge is 2.39. The van der Waals surface area contributed by atoms with Crippen molar-refractivity contribution in [3.8, 4) is 11.4 Å². The molecule has 2 aliphatic rings. The zero-order valence-electron chi connectivity index (χ0n) is 20.4. The van der Waals surface area contributed by atoms with E-state index in [0.717, 1.165) is 43.8 Å². The minimum Gasteiger partial charge on any atom is -0.373 e. The first-order chi connectivity index (χ1) is 17.5. The fourth-order valence-electron chi connectivity index (χ4n) is 4.64. The Morgan fingerprint density at radius 1 is 1.19 bits per heavy atom. The Morgan fingerprint density at radius 2 is 2.00 bits per heavy atom. The third-order valence-electron chi connectivity index (χ3n) is 6.98. The Labute approximate surface area is 207 Å². The fourth-order valence-corrected chi connectivity index (χ4v) is 4.64. The summed E-state index contributed by atoms with van der Waals surface area (Å²) in [6, 6.07) is 5.29. The van der Waals surface area contributed by atoms with Gasteiger partial charge in [0.25, 0.3) is 5.91 Å². The molecule has 1 aliphatic carbocycles. The van der Waals surface area contributed by atoms with Crippen molar-refractivity contribution >= 4 is 28.4 Å². The van der Waals surface area contributed by atoms with E-state index >= 15 is 0 Å². The average Bonchev–Trinajstić information content (AvgIpc) is 3.28. The average molecular weight is 493 g/mol. The molecule has 4 aromatic heterocycles. The van der Waals surface area contributed by atoms with Gasteiger partial charge in [0.1, 0.15) is 23.2 Å². The van der Waals surface area contributed by atoms with Crippen LogP contribution in [0.4, 0.5) is 10.2 Å². The molecule has 1 saturated heterocycles. The normalized spacial score (nSPS) is 20.8. The van der Waals surface area contributed by atoms with Crippen molar-refractivity contribution in [3.05, 3.63) is 36.2 Å². The van der Waals surface area contributed by atoms with Crippen LogP contribution < -0.4 is 10.6 Å². The molecular weight excluding hydrogens is 463 g/mol. The van der Waals surface area contributed by atoms with Gasteiger partial charge < -0.3 is 15.5 Å². The molecular formula is C24H29FN10O. The molecule has 2 fully saturated rings. The van der Waals surface area contributed by atoms with Gasteiger partial charge in [-0.3, -0.25) is 9.69 Å². The number of hydrogen-bond donors (Lipinski definition) is 2. The number of pyridine rings is 1. The number of carbonyl (C=O) groups excluding carboxylic acids is 1. The number of fused-ring (bicyclic) bond motifs is 2. The van der Waals surface area contributed by atoms with Gasteiger partial charge in [0.05, 0.1) is 24.5 Å². The molecule has 11 nitrogen and oxygen atoms in total. The summed E-state index contributed by atoms with van der Waals surface area (Å²) in [5.41, 5.74) is 2.77. The number of hydrogen-bond acceptors (Lipinski definition) is 8. The summed E-state index contributed by atoms with van der Waals surface area (Å²) >= 11 is 0. The third-order valence-corrected chi connectivity index (χ3v) is 6.98. The number of likely N-dealkylation sites (N-methyl/N-ethyl adjacent to an activating group) is 1. The largest absolute Gasteiger partial charge is 0.373 e. The van der Waals surface area contributed by atoms with E-state index in [4.69, 9.17) is 10.1 Å². The number of anilines is 1. The van der Waals surface area contributed by atoms with Gasteiger partial charge in [-0.05, 0) is 19.2 Å². The van der Waals surface area contributed by atoms with E-state index in [1.54, 1.807) is 17.8 Å². The van der Waals surface area contributed by atoms with Crippen LogP contribution >= 0.6 is 0 Å². The molecule has 0 bridgehead atoms. The Kier molecular flexibility index (Phi) is 5.76. The summed E-state index contributed by atoms with van der Waals surface area (Å²) in [5, 5.41) is 16.0. The molecule has 12 heteroatoms. The molecule has 2 atom stereocenters. The zero-order chi connectivity index (χ0) is 24.8. The van der Waals surface area contributed by atoms with E-state index in [-0.39, 0.29) is 5.91 Å². The van der Waals surface area contributed by atoms with Crippen molar-refractivity contribution in [2.75, 3.05) is 52.1 Å². The van der Waals surface area contributed by atoms with Crippen LogP contribution in [0.1, 0.15) is 16.8 Å². The first kappa shape index (κ1) is 22.8. The summed E-state index contributed by atoms with van der Waals surface area (Å²) in [6.07, 6.45) is 2.59. The lowest BCUT2D eigenvalue weighted by Crippen LogP contribution is -2.45. The van der Waals surface area contributed by atoms with Gasteiger partial charge in [-0.2, -0.15) is 14.7 Å². The van der Waals surface area contributed by atoms with Gasteiger partial charge in [0.2, 0.25) is 0 Å². The van der Waals surface area contributed by atoms with Crippen molar-refractivity contribution in [3.63, 3.8) is 0 Å². The van der Waals surface area contributed by atoms with E-state index in [1.165, 1.54) is 6.20 Å². The predicted molar refractivity (Wildman–Crippen MR) is 134 cm³/mol. The second-order valence-corrected chi connectivity index (χ2v) is 9.49. The SMILES string of the molecule is CNc1cc(-c2nn(CCN3CCN(C)CC3)c3ncccc23)nc2c(C(=O)NC3C[C@H]3F)cnn12. The third kappa shape index (κ3) is 4.16. The molecule has 0 radical (unpaired) electrons. The molecule has 4 aromatic rings. The van der Waals surface area contributed by atoms with Crippen LogP contribution in [0.25, 0.3) is 28.1 Å². The number of halogens is 1. The molecule has 1 amide bonds. The summed E-state index contributed by atoms with van der Waals surface area (Å²) in [5.74, 6) is 0.277. The van der Waals surface area contributed by atoms with E-state index in [0.29, 0.717) is 41.4 Å². The lowest BCUT2D eigenvalue weighted by molar-refractivity contribution is 0.0949. The van der Waals surface area contributed by atoms with Crippen LogP contribution in [0.15, 0.2) is 30.6 Å². The molecule has 1 aliphatic heterocycles. The quantitative estimate of drug-likeness (QED) is 0.397. The van der Waals surface area contributed by atoms with E-state index in [1.807, 2.05) is 22.9 Å². The zero-order valence-corrected chi connectivity index (χ0v) is 20.4. The summed E-state index contributed by atoms with van der Waals surface area (Å²) in [4.78, 5) is 27.0. The van der Waals surface area contributed by atoms with Crippen molar-refractivity contribution in [2.24, 2.45) is 0 Å². The van der Waals surface area contributed by atoms with Gasteiger partial charge in [-0.25, -0.2) is 19.0 Å². The van der Waals surface area contributed by atoms with Gasteiger partial charge >= 0.3 is 0 Å². The molecule has 2 N–H and O–H groups in total. The first-order valence-electron chi connectivity index (χ1n) is 12.3. The smallest absolute Gasteiger partial charge is 0.257 e. The number of piperazine rings is 1. The molecule has 36 heavy (non-hydrogen) atoms. The van der Waals surface area contributed by atoms with Crippen LogP contribution in [-0.4, -0.2) is 104 Å². The lowest BCUT2D eigenvalue weighted by atomic mass is 10.2. The summed E-state index contributed by atoms with van der Waals surface area (Å²) in [6.45, 7) is 5.80. The highest BCUT2D eigenvalue weighted by molar-refractivity contribution is 6.01. The van der Waals surface area contributed by atoms with Crippen LogP contribution in [0.5, 0.6) is 0 Å². The number of nitrogens with zero attached hydrogens (tertiary/aromatic N) is 8. The number of nitrogens with one attached hydrogen (secondary N) is 2. The van der Waals surface area contributed by atoms with Crippen LogP contribution in [0, 0.1) is 0 Å². The number of alkyl halides is 1. The maximum Gasteiger partial charge on any atom is 0.257 e. The van der Waals surface area contributed by atoms with Gasteiger partial charge in [-0.15, -0.1) is 0 Å². The molecule has 1 saturated carbocycles. The number of amides is 1. The Morgan fingerprint density at radius 3 is 2.75 bits per heavy atom. The Balaban J connectivity index is 1.36. The monoisotopic (exact) mass is 492 g/mol. The number of rotatable bonds is 7. The summed E-state index contributed by atoms with van der Waals surface area (Å²) < 4.78 is 16.9. The van der Waals surface area contributed by atoms with Gasteiger partial charge in [0, 0.05) is 63.8 Å². The van der Waals surface area contributed by atoms with E-state index < -0.39 is 12.2 Å². The van der Waals surface area contributed by atoms with Crippen LogP contribution in [0.3, 0.4) is 0 Å². The van der Waals surface area contributed by atoms with Crippen LogP contribution in [0.2, 0.25) is 0 Å². The first-order valence-corrected chi connectivity index (χ1v) is 12.3. The maximum absolute atomic E-state index is 13.4. The van der Waals surface area contributed by atoms with Crippen molar-refractivity contribution in [1.82, 2.24) is 44.5 Å². The van der Waals surface area contributed by atoms with Gasteiger partial charge in [-0.1, -0.05) is 0 Å². The highest BCUT2D eigenvalue weighted by atomic mass is 19.1. The number of carbonyl (C=O) groups is 1. The molecule has 0 spiro atoms.